The van der Waals surface area contributed by atoms with Gasteiger partial charge in [-0.05, 0) is 40.5 Å². The van der Waals surface area contributed by atoms with Gasteiger partial charge in [0.15, 0.2) is 0 Å². The van der Waals surface area contributed by atoms with E-state index in [-0.39, 0.29) is 18.2 Å². The molecule has 0 aliphatic carbocycles. The van der Waals surface area contributed by atoms with Gasteiger partial charge in [-0.1, -0.05) is 0 Å². The first-order valence-electron chi connectivity index (χ1n) is 5.90. The zero-order valence-electron chi connectivity index (χ0n) is 10.5. The molecule has 0 bridgehead atoms. The summed E-state index contributed by atoms with van der Waals surface area (Å²) in [5.74, 6) is -0.370. The van der Waals surface area contributed by atoms with Gasteiger partial charge in [-0.3, -0.25) is 4.79 Å². The Hall–Kier alpha value is -0.610. The molecule has 1 rings (SSSR count). The Morgan fingerprint density at radius 2 is 2.19 bits per heavy atom. The Labute approximate surface area is 96.9 Å². The monoisotopic (exact) mass is 230 g/mol. The standard InChI is InChI=1S/C12H22O4/c1-5-15-11(14)12(3,4)10(13)9-7-6-8(2)16-9/h8-10,13H,5-7H2,1-4H3. The number of hydrogen-bond donors (Lipinski definition) is 1. The fourth-order valence-electron chi connectivity index (χ4n) is 1.97. The van der Waals surface area contributed by atoms with Crippen LogP contribution in [0.5, 0.6) is 0 Å². The van der Waals surface area contributed by atoms with E-state index in [2.05, 4.69) is 0 Å². The van der Waals surface area contributed by atoms with Crippen LogP contribution in [-0.2, 0) is 14.3 Å². The van der Waals surface area contributed by atoms with Crippen LogP contribution in [0.4, 0.5) is 0 Å². The van der Waals surface area contributed by atoms with E-state index >= 15 is 0 Å². The normalized spacial score (nSPS) is 27.8. The Bertz CT molecular complexity index is 249. The Morgan fingerprint density at radius 3 is 2.62 bits per heavy atom. The van der Waals surface area contributed by atoms with E-state index in [4.69, 9.17) is 9.47 Å². The first-order valence-corrected chi connectivity index (χ1v) is 5.90. The smallest absolute Gasteiger partial charge is 0.314 e. The van der Waals surface area contributed by atoms with Crippen molar-refractivity contribution in [1.29, 1.82) is 0 Å². The average Bonchev–Trinajstić information content (AvgIpc) is 2.64. The molecule has 0 aromatic rings. The summed E-state index contributed by atoms with van der Waals surface area (Å²) in [6.45, 7) is 7.46. The van der Waals surface area contributed by atoms with Crippen LogP contribution in [0.15, 0.2) is 0 Å². The molecule has 0 amide bonds. The van der Waals surface area contributed by atoms with Crippen molar-refractivity contribution in [2.24, 2.45) is 5.41 Å². The Morgan fingerprint density at radius 1 is 1.56 bits per heavy atom. The zero-order chi connectivity index (χ0) is 12.3. The summed E-state index contributed by atoms with van der Waals surface area (Å²) < 4.78 is 10.5. The number of carbonyl (C=O) groups excluding carboxylic acids is 1. The molecule has 3 atom stereocenters. The van der Waals surface area contributed by atoms with Crippen molar-refractivity contribution in [2.45, 2.75) is 58.8 Å². The second kappa shape index (κ2) is 5.15. The van der Waals surface area contributed by atoms with Crippen molar-refractivity contribution in [3.05, 3.63) is 0 Å². The van der Waals surface area contributed by atoms with Crippen LogP contribution < -0.4 is 0 Å². The van der Waals surface area contributed by atoms with Crippen molar-refractivity contribution in [2.75, 3.05) is 6.61 Å². The predicted octanol–water partition coefficient (Wildman–Crippen LogP) is 1.50. The SMILES string of the molecule is CCOC(=O)C(C)(C)C(O)C1CCC(C)O1. The number of carbonyl (C=O) groups is 1. The second-order valence-corrected chi connectivity index (χ2v) is 4.95. The van der Waals surface area contributed by atoms with Gasteiger partial charge in [-0.15, -0.1) is 0 Å². The number of hydrogen-bond acceptors (Lipinski definition) is 4. The summed E-state index contributed by atoms with van der Waals surface area (Å²) >= 11 is 0. The lowest BCUT2D eigenvalue weighted by Gasteiger charge is -2.31. The van der Waals surface area contributed by atoms with Crippen molar-refractivity contribution >= 4 is 5.97 Å². The maximum absolute atomic E-state index is 11.7. The number of esters is 1. The molecule has 1 heterocycles. The summed E-state index contributed by atoms with van der Waals surface area (Å²) in [5, 5.41) is 10.2. The lowest BCUT2D eigenvalue weighted by molar-refractivity contribution is -0.167. The van der Waals surface area contributed by atoms with Crippen molar-refractivity contribution < 1.29 is 19.4 Å². The third kappa shape index (κ3) is 2.74. The molecule has 1 N–H and O–H groups in total. The number of aliphatic hydroxyl groups is 1. The van der Waals surface area contributed by atoms with Gasteiger partial charge in [0, 0.05) is 0 Å². The van der Waals surface area contributed by atoms with Gasteiger partial charge in [0.25, 0.3) is 0 Å². The van der Waals surface area contributed by atoms with Crippen molar-refractivity contribution in [3.63, 3.8) is 0 Å². The van der Waals surface area contributed by atoms with Gasteiger partial charge in [0.2, 0.25) is 0 Å². The summed E-state index contributed by atoms with van der Waals surface area (Å²) in [5.41, 5.74) is -0.912. The largest absolute Gasteiger partial charge is 0.466 e. The number of ether oxygens (including phenoxy) is 2. The van der Waals surface area contributed by atoms with Crippen molar-refractivity contribution in [3.8, 4) is 0 Å². The average molecular weight is 230 g/mol. The number of aliphatic hydroxyl groups excluding tert-OH is 1. The molecule has 4 heteroatoms. The highest BCUT2D eigenvalue weighted by Gasteiger charge is 2.44. The Balaban J connectivity index is 2.63. The molecule has 4 nitrogen and oxygen atoms in total. The molecule has 0 aromatic carbocycles. The fourth-order valence-corrected chi connectivity index (χ4v) is 1.97. The third-order valence-corrected chi connectivity index (χ3v) is 3.16. The zero-order valence-corrected chi connectivity index (χ0v) is 10.5. The highest BCUT2D eigenvalue weighted by atomic mass is 16.5. The molecule has 0 radical (unpaired) electrons. The molecule has 94 valence electrons. The first-order chi connectivity index (χ1) is 7.39. The van der Waals surface area contributed by atoms with E-state index < -0.39 is 11.5 Å². The second-order valence-electron chi connectivity index (χ2n) is 4.95. The molecule has 1 fully saturated rings. The van der Waals surface area contributed by atoms with E-state index in [0.717, 1.165) is 12.8 Å². The van der Waals surface area contributed by atoms with Gasteiger partial charge >= 0.3 is 5.97 Å². The molecular weight excluding hydrogens is 208 g/mol. The maximum atomic E-state index is 11.7. The molecule has 16 heavy (non-hydrogen) atoms. The summed E-state index contributed by atoms with van der Waals surface area (Å²) in [7, 11) is 0. The van der Waals surface area contributed by atoms with Crippen LogP contribution in [0.25, 0.3) is 0 Å². The molecule has 1 aliphatic rings. The van der Waals surface area contributed by atoms with E-state index in [1.54, 1.807) is 20.8 Å². The topological polar surface area (TPSA) is 55.8 Å². The van der Waals surface area contributed by atoms with Gasteiger partial charge in [0.1, 0.15) is 0 Å². The highest BCUT2D eigenvalue weighted by molar-refractivity contribution is 5.76. The van der Waals surface area contributed by atoms with Crippen LogP contribution in [0, 0.1) is 5.41 Å². The van der Waals surface area contributed by atoms with Gasteiger partial charge in [-0.25, -0.2) is 0 Å². The highest BCUT2D eigenvalue weighted by Crippen LogP contribution is 2.32. The molecular formula is C12H22O4. The molecule has 0 spiro atoms. The maximum Gasteiger partial charge on any atom is 0.314 e. The van der Waals surface area contributed by atoms with Gasteiger partial charge < -0.3 is 14.6 Å². The van der Waals surface area contributed by atoms with E-state index in [0.29, 0.717) is 6.61 Å². The molecule has 0 aromatic heterocycles. The summed E-state index contributed by atoms with van der Waals surface area (Å²) in [4.78, 5) is 11.7. The fraction of sp³-hybridized carbons (Fsp3) is 0.917. The lowest BCUT2D eigenvalue weighted by atomic mass is 9.83. The minimum atomic E-state index is -0.912. The number of rotatable bonds is 4. The van der Waals surface area contributed by atoms with Gasteiger partial charge in [-0.2, -0.15) is 0 Å². The molecule has 0 saturated carbocycles. The quantitative estimate of drug-likeness (QED) is 0.744. The summed E-state index contributed by atoms with van der Waals surface area (Å²) in [6.07, 6.45) is 0.828. The lowest BCUT2D eigenvalue weighted by Crippen LogP contribution is -2.45. The minimum absolute atomic E-state index is 0.164. The van der Waals surface area contributed by atoms with E-state index in [1.807, 2.05) is 6.92 Å². The van der Waals surface area contributed by atoms with Gasteiger partial charge in [0.05, 0.1) is 30.3 Å². The predicted molar refractivity (Wildman–Crippen MR) is 60.0 cm³/mol. The van der Waals surface area contributed by atoms with Crippen molar-refractivity contribution in [1.82, 2.24) is 0 Å². The van der Waals surface area contributed by atoms with Crippen LogP contribution in [0.3, 0.4) is 0 Å². The summed E-state index contributed by atoms with van der Waals surface area (Å²) in [6, 6.07) is 0. The van der Waals surface area contributed by atoms with Crippen LogP contribution in [-0.4, -0.2) is 36.0 Å². The molecule has 1 saturated heterocycles. The van der Waals surface area contributed by atoms with E-state index in [9.17, 15) is 9.90 Å². The first kappa shape index (κ1) is 13.5. The molecule has 1 aliphatic heterocycles. The van der Waals surface area contributed by atoms with Crippen LogP contribution in [0.1, 0.15) is 40.5 Å². The third-order valence-electron chi connectivity index (χ3n) is 3.16. The van der Waals surface area contributed by atoms with Crippen LogP contribution in [0.2, 0.25) is 0 Å². The van der Waals surface area contributed by atoms with Crippen LogP contribution >= 0.6 is 0 Å². The Kier molecular flexibility index (Phi) is 4.33. The minimum Gasteiger partial charge on any atom is -0.466 e. The molecule has 3 unspecified atom stereocenters. The van der Waals surface area contributed by atoms with E-state index in [1.165, 1.54) is 0 Å².